The molecule has 1 amide bonds. The standard InChI is InChI=1S/C21H24N4O.C7H14/c1-2-15-6-9-17(10-7-15)22-21-23-18-11-8-16(14-19(18)24-21)20(26)25-12-4-3-5-13-25;1-7-5-3-2-4-6-7/h6-11,14H,2-5,12-13H2,1H3,(H2,22,23,24);7H,2-6H2,1H3. The summed E-state index contributed by atoms with van der Waals surface area (Å²) in [6, 6.07) is 14.0. The highest BCUT2D eigenvalue weighted by molar-refractivity contribution is 5.97. The number of fused-ring (bicyclic) bond motifs is 1. The van der Waals surface area contributed by atoms with Gasteiger partial charge in [-0.25, -0.2) is 4.98 Å². The lowest BCUT2D eigenvalue weighted by atomic mass is 9.91. The van der Waals surface area contributed by atoms with E-state index in [0.717, 1.165) is 60.6 Å². The first-order valence-electron chi connectivity index (χ1n) is 12.8. The van der Waals surface area contributed by atoms with E-state index in [1.165, 1.54) is 44.1 Å². The molecule has 176 valence electrons. The van der Waals surface area contributed by atoms with E-state index in [1.54, 1.807) is 0 Å². The Balaban J connectivity index is 0.000000318. The number of H-pyrrole nitrogens is 1. The molecular formula is C28H38N4O. The molecule has 3 aromatic rings. The Morgan fingerprint density at radius 2 is 1.70 bits per heavy atom. The second-order valence-electron chi connectivity index (χ2n) is 9.59. The normalized spacial score (nSPS) is 16.8. The molecule has 0 unspecified atom stereocenters. The molecule has 0 spiro atoms. The number of hydrogen-bond acceptors (Lipinski definition) is 3. The summed E-state index contributed by atoms with van der Waals surface area (Å²) in [5, 5.41) is 3.29. The zero-order valence-electron chi connectivity index (χ0n) is 20.2. The van der Waals surface area contributed by atoms with Crippen LogP contribution in [0.5, 0.6) is 0 Å². The van der Waals surface area contributed by atoms with Crippen LogP contribution < -0.4 is 5.32 Å². The molecule has 2 heterocycles. The van der Waals surface area contributed by atoms with Crippen LogP contribution >= 0.6 is 0 Å². The van der Waals surface area contributed by atoms with Gasteiger partial charge in [-0.05, 0) is 67.5 Å². The topological polar surface area (TPSA) is 61.0 Å². The minimum Gasteiger partial charge on any atom is -0.339 e. The van der Waals surface area contributed by atoms with E-state index in [2.05, 4.69) is 53.4 Å². The lowest BCUT2D eigenvalue weighted by Gasteiger charge is -2.26. The first kappa shape index (κ1) is 23.3. The van der Waals surface area contributed by atoms with E-state index in [1.807, 2.05) is 23.1 Å². The van der Waals surface area contributed by atoms with Crippen LogP contribution in [0.25, 0.3) is 11.0 Å². The number of likely N-dealkylation sites (tertiary alicyclic amines) is 1. The number of hydrogen-bond donors (Lipinski definition) is 2. The molecular weight excluding hydrogens is 408 g/mol. The minimum atomic E-state index is 0.117. The lowest BCUT2D eigenvalue weighted by Crippen LogP contribution is -2.35. The van der Waals surface area contributed by atoms with Crippen molar-refractivity contribution in [2.45, 2.75) is 71.6 Å². The number of anilines is 2. The van der Waals surface area contributed by atoms with Crippen molar-refractivity contribution in [2.24, 2.45) is 5.92 Å². The summed E-state index contributed by atoms with van der Waals surface area (Å²) in [4.78, 5) is 22.5. The maximum absolute atomic E-state index is 12.7. The largest absolute Gasteiger partial charge is 0.339 e. The Labute approximate surface area is 198 Å². The number of aromatic nitrogens is 2. The van der Waals surface area contributed by atoms with Crippen LogP contribution in [0.2, 0.25) is 0 Å². The van der Waals surface area contributed by atoms with Gasteiger partial charge in [-0.3, -0.25) is 4.79 Å². The van der Waals surface area contributed by atoms with Crippen molar-refractivity contribution in [3.8, 4) is 0 Å². The number of nitrogens with zero attached hydrogens (tertiary/aromatic N) is 2. The summed E-state index contributed by atoms with van der Waals surface area (Å²) < 4.78 is 0. The van der Waals surface area contributed by atoms with Gasteiger partial charge in [0.2, 0.25) is 5.95 Å². The molecule has 1 aromatic heterocycles. The Morgan fingerprint density at radius 3 is 2.33 bits per heavy atom. The average Bonchev–Trinajstić information content (AvgIpc) is 3.27. The monoisotopic (exact) mass is 446 g/mol. The van der Waals surface area contributed by atoms with Crippen LogP contribution in [0.15, 0.2) is 42.5 Å². The summed E-state index contributed by atoms with van der Waals surface area (Å²) in [5.74, 6) is 1.84. The maximum atomic E-state index is 12.7. The van der Waals surface area contributed by atoms with Gasteiger partial charge in [0.05, 0.1) is 11.0 Å². The van der Waals surface area contributed by atoms with Crippen molar-refractivity contribution >= 4 is 28.6 Å². The summed E-state index contributed by atoms with van der Waals surface area (Å²) in [7, 11) is 0. The number of piperidine rings is 1. The van der Waals surface area contributed by atoms with Gasteiger partial charge in [0.25, 0.3) is 5.91 Å². The van der Waals surface area contributed by atoms with E-state index < -0.39 is 0 Å². The average molecular weight is 447 g/mol. The molecule has 5 heteroatoms. The fourth-order valence-electron chi connectivity index (χ4n) is 4.75. The van der Waals surface area contributed by atoms with Gasteiger partial charge >= 0.3 is 0 Å². The van der Waals surface area contributed by atoms with E-state index in [-0.39, 0.29) is 5.91 Å². The molecule has 2 aliphatic rings. The quantitative estimate of drug-likeness (QED) is 0.450. The number of aromatic amines is 1. The van der Waals surface area contributed by atoms with Crippen molar-refractivity contribution < 1.29 is 4.79 Å². The molecule has 5 nitrogen and oxygen atoms in total. The molecule has 0 bridgehead atoms. The molecule has 1 saturated heterocycles. The number of carbonyl (C=O) groups is 1. The third-order valence-electron chi connectivity index (χ3n) is 6.89. The summed E-state index contributed by atoms with van der Waals surface area (Å²) in [6.45, 7) is 6.23. The lowest BCUT2D eigenvalue weighted by molar-refractivity contribution is 0.0724. The highest BCUT2D eigenvalue weighted by Crippen LogP contribution is 2.23. The molecule has 1 aliphatic carbocycles. The van der Waals surface area contributed by atoms with Gasteiger partial charge in [-0.1, -0.05) is 58.1 Å². The Bertz CT molecular complexity index is 1030. The van der Waals surface area contributed by atoms with Gasteiger partial charge < -0.3 is 15.2 Å². The van der Waals surface area contributed by atoms with Gasteiger partial charge in [0.1, 0.15) is 0 Å². The SMILES string of the molecule is CC1CCCCC1.CCc1ccc(Nc2nc3ccc(C(=O)N4CCCCC4)cc3[nH]2)cc1. The smallest absolute Gasteiger partial charge is 0.253 e. The molecule has 2 fully saturated rings. The summed E-state index contributed by atoms with van der Waals surface area (Å²) in [6.07, 6.45) is 11.9. The number of imidazole rings is 1. The molecule has 1 aliphatic heterocycles. The van der Waals surface area contributed by atoms with E-state index in [9.17, 15) is 4.79 Å². The van der Waals surface area contributed by atoms with Crippen molar-refractivity contribution in [2.75, 3.05) is 18.4 Å². The third-order valence-corrected chi connectivity index (χ3v) is 6.89. The number of benzene rings is 2. The zero-order valence-corrected chi connectivity index (χ0v) is 20.2. The predicted octanol–water partition coefficient (Wildman–Crippen LogP) is 7.08. The number of amides is 1. The van der Waals surface area contributed by atoms with Gasteiger partial charge in [0.15, 0.2) is 0 Å². The van der Waals surface area contributed by atoms with Crippen LogP contribution in [-0.2, 0) is 6.42 Å². The van der Waals surface area contributed by atoms with Crippen molar-refractivity contribution in [3.05, 3.63) is 53.6 Å². The Morgan fingerprint density at radius 1 is 1.00 bits per heavy atom. The molecule has 0 atom stereocenters. The van der Waals surface area contributed by atoms with Crippen molar-refractivity contribution in [1.82, 2.24) is 14.9 Å². The highest BCUT2D eigenvalue weighted by Gasteiger charge is 2.18. The maximum Gasteiger partial charge on any atom is 0.253 e. The number of aryl methyl sites for hydroxylation is 1. The number of nitrogens with one attached hydrogen (secondary N) is 2. The number of rotatable bonds is 4. The summed E-state index contributed by atoms with van der Waals surface area (Å²) in [5.41, 5.74) is 4.75. The van der Waals surface area contributed by atoms with Crippen LogP contribution in [-0.4, -0.2) is 33.9 Å². The second-order valence-corrected chi connectivity index (χ2v) is 9.59. The van der Waals surface area contributed by atoms with Crippen molar-refractivity contribution in [1.29, 1.82) is 0 Å². The third kappa shape index (κ3) is 6.37. The number of carbonyl (C=O) groups excluding carboxylic acids is 1. The van der Waals surface area contributed by atoms with Gasteiger partial charge in [-0.15, -0.1) is 0 Å². The van der Waals surface area contributed by atoms with E-state index >= 15 is 0 Å². The molecule has 0 radical (unpaired) electrons. The molecule has 5 rings (SSSR count). The molecule has 33 heavy (non-hydrogen) atoms. The van der Waals surface area contributed by atoms with Crippen LogP contribution in [0, 0.1) is 5.92 Å². The van der Waals surface area contributed by atoms with Crippen molar-refractivity contribution in [3.63, 3.8) is 0 Å². The molecule has 2 N–H and O–H groups in total. The minimum absolute atomic E-state index is 0.117. The first-order chi connectivity index (χ1) is 16.1. The second kappa shape index (κ2) is 11.4. The molecule has 1 saturated carbocycles. The van der Waals surface area contributed by atoms with Crippen LogP contribution in [0.4, 0.5) is 11.6 Å². The first-order valence-corrected chi connectivity index (χ1v) is 12.8. The van der Waals surface area contributed by atoms with Gasteiger partial charge in [0, 0.05) is 24.3 Å². The predicted molar refractivity (Wildman–Crippen MR) is 137 cm³/mol. The summed E-state index contributed by atoms with van der Waals surface area (Å²) >= 11 is 0. The van der Waals surface area contributed by atoms with Crippen LogP contribution in [0.3, 0.4) is 0 Å². The molecule has 2 aromatic carbocycles. The van der Waals surface area contributed by atoms with E-state index in [0.29, 0.717) is 5.95 Å². The Hall–Kier alpha value is -2.82. The fourth-order valence-corrected chi connectivity index (χ4v) is 4.75. The zero-order chi connectivity index (χ0) is 23.0. The van der Waals surface area contributed by atoms with Crippen LogP contribution in [0.1, 0.15) is 81.1 Å². The van der Waals surface area contributed by atoms with E-state index in [4.69, 9.17) is 0 Å². The van der Waals surface area contributed by atoms with Gasteiger partial charge in [-0.2, -0.15) is 0 Å². The fraction of sp³-hybridized carbons (Fsp3) is 0.500. The highest BCUT2D eigenvalue weighted by atomic mass is 16.2. The Kier molecular flexibility index (Phi) is 8.03.